The van der Waals surface area contributed by atoms with Gasteiger partial charge in [0.15, 0.2) is 5.65 Å². The Kier molecular flexibility index (Phi) is 5.25. The third-order valence-corrected chi connectivity index (χ3v) is 4.75. The van der Waals surface area contributed by atoms with Crippen molar-refractivity contribution >= 4 is 11.6 Å². The Balaban J connectivity index is 1.54. The Morgan fingerprint density at radius 2 is 2.21 bits per heavy atom. The van der Waals surface area contributed by atoms with E-state index in [9.17, 15) is 4.79 Å². The molecule has 1 amide bonds. The van der Waals surface area contributed by atoms with Gasteiger partial charge in [-0.1, -0.05) is 12.1 Å². The minimum Gasteiger partial charge on any atom is -0.488 e. The van der Waals surface area contributed by atoms with Gasteiger partial charge in [-0.3, -0.25) is 4.79 Å². The number of nitrogens with zero attached hydrogens (tertiary/aromatic N) is 4. The van der Waals surface area contributed by atoms with E-state index in [-0.39, 0.29) is 18.1 Å². The average molecular weight is 380 g/mol. The van der Waals surface area contributed by atoms with Gasteiger partial charge >= 0.3 is 0 Å². The summed E-state index contributed by atoms with van der Waals surface area (Å²) in [6, 6.07) is 9.95. The highest BCUT2D eigenvalue weighted by atomic mass is 16.5. The van der Waals surface area contributed by atoms with Crippen LogP contribution in [0, 0.1) is 0 Å². The quantitative estimate of drug-likeness (QED) is 0.601. The van der Waals surface area contributed by atoms with Crippen LogP contribution < -0.4 is 4.74 Å². The van der Waals surface area contributed by atoms with Crippen molar-refractivity contribution in [1.82, 2.24) is 19.5 Å². The molecule has 0 bridgehead atoms. The first-order chi connectivity index (χ1) is 13.7. The van der Waals surface area contributed by atoms with Crippen molar-refractivity contribution in [2.24, 2.45) is 0 Å². The third-order valence-electron chi connectivity index (χ3n) is 4.75. The first-order valence-electron chi connectivity index (χ1n) is 9.49. The fraction of sp³-hybridized carbons (Fsp3) is 0.381. The van der Waals surface area contributed by atoms with Crippen molar-refractivity contribution in [3.63, 3.8) is 0 Å². The van der Waals surface area contributed by atoms with Crippen LogP contribution in [0.25, 0.3) is 5.65 Å². The lowest BCUT2D eigenvalue weighted by molar-refractivity contribution is 0.0730. The molecule has 2 heterocycles. The standard InChI is InChI=1S/C21H24N4O3/c1-15(14-27-2)28-18-6-3-5-16(11-18)13-24(17-7-8-17)21(26)19-12-23-25-10-4-9-22-20(19)25/h3-6,9-12,15,17H,7-8,13-14H2,1-2H3/t15-/m0/s1. The zero-order valence-electron chi connectivity index (χ0n) is 16.1. The molecule has 28 heavy (non-hydrogen) atoms. The van der Waals surface area contributed by atoms with Crippen LogP contribution in [0.4, 0.5) is 0 Å². The van der Waals surface area contributed by atoms with Crippen LogP contribution >= 0.6 is 0 Å². The fourth-order valence-electron chi connectivity index (χ4n) is 3.30. The SMILES string of the molecule is COC[C@H](C)Oc1cccc(CN(C(=O)c2cnn3cccnc23)C2CC2)c1. The number of methoxy groups -OCH3 is 1. The van der Waals surface area contributed by atoms with Crippen molar-refractivity contribution in [3.8, 4) is 5.75 Å². The maximum atomic E-state index is 13.2. The molecule has 0 spiro atoms. The van der Waals surface area contributed by atoms with E-state index in [4.69, 9.17) is 9.47 Å². The van der Waals surface area contributed by atoms with Gasteiger partial charge in [0.05, 0.1) is 12.8 Å². The summed E-state index contributed by atoms with van der Waals surface area (Å²) in [6.07, 6.45) is 7.09. The number of hydrogen-bond donors (Lipinski definition) is 0. The summed E-state index contributed by atoms with van der Waals surface area (Å²) in [5.41, 5.74) is 2.16. The molecule has 7 nitrogen and oxygen atoms in total. The highest BCUT2D eigenvalue weighted by Gasteiger charge is 2.34. The van der Waals surface area contributed by atoms with E-state index < -0.39 is 0 Å². The lowest BCUT2D eigenvalue weighted by Crippen LogP contribution is -2.32. The van der Waals surface area contributed by atoms with Crippen LogP contribution in [-0.4, -0.2) is 51.3 Å². The van der Waals surface area contributed by atoms with Gasteiger partial charge in [0, 0.05) is 32.1 Å². The Hall–Kier alpha value is -2.93. The van der Waals surface area contributed by atoms with Gasteiger partial charge in [-0.15, -0.1) is 0 Å². The Morgan fingerprint density at radius 3 is 3.00 bits per heavy atom. The number of carbonyl (C=O) groups is 1. The largest absolute Gasteiger partial charge is 0.488 e. The predicted molar refractivity (Wildman–Crippen MR) is 104 cm³/mol. The number of amides is 1. The van der Waals surface area contributed by atoms with Gasteiger partial charge < -0.3 is 14.4 Å². The molecule has 4 rings (SSSR count). The molecule has 0 radical (unpaired) electrons. The third kappa shape index (κ3) is 3.99. The molecule has 146 valence electrons. The molecule has 0 aliphatic heterocycles. The molecule has 7 heteroatoms. The topological polar surface area (TPSA) is 69.0 Å². The molecule has 1 atom stereocenters. The Bertz CT molecular complexity index is 967. The summed E-state index contributed by atoms with van der Waals surface area (Å²) < 4.78 is 12.6. The van der Waals surface area contributed by atoms with E-state index in [1.54, 1.807) is 36.3 Å². The molecule has 0 unspecified atom stereocenters. The molecular formula is C21H24N4O3. The minimum absolute atomic E-state index is 0.0322. The molecule has 1 aliphatic rings. The fourth-order valence-corrected chi connectivity index (χ4v) is 3.30. The molecule has 1 aromatic carbocycles. The van der Waals surface area contributed by atoms with E-state index in [0.717, 1.165) is 24.2 Å². The minimum atomic E-state index is -0.0359. The molecule has 1 aliphatic carbocycles. The highest BCUT2D eigenvalue weighted by Crippen LogP contribution is 2.31. The lowest BCUT2D eigenvalue weighted by atomic mass is 10.1. The second-order valence-corrected chi connectivity index (χ2v) is 7.14. The second-order valence-electron chi connectivity index (χ2n) is 7.14. The summed E-state index contributed by atoms with van der Waals surface area (Å²) in [4.78, 5) is 19.5. The highest BCUT2D eigenvalue weighted by molar-refractivity contribution is 5.99. The first kappa shape index (κ1) is 18.4. The van der Waals surface area contributed by atoms with Crippen molar-refractivity contribution < 1.29 is 14.3 Å². The second kappa shape index (κ2) is 7.98. The molecular weight excluding hydrogens is 356 g/mol. The molecule has 1 saturated carbocycles. The van der Waals surface area contributed by atoms with E-state index in [1.807, 2.05) is 36.1 Å². The van der Waals surface area contributed by atoms with Crippen LogP contribution in [-0.2, 0) is 11.3 Å². The number of benzene rings is 1. The zero-order valence-corrected chi connectivity index (χ0v) is 16.1. The summed E-state index contributed by atoms with van der Waals surface area (Å²) in [5, 5.41) is 4.25. The van der Waals surface area contributed by atoms with E-state index in [0.29, 0.717) is 24.4 Å². The van der Waals surface area contributed by atoms with Gasteiger partial charge in [-0.05, 0) is 43.5 Å². The lowest BCUT2D eigenvalue weighted by Gasteiger charge is -2.22. The number of fused-ring (bicyclic) bond motifs is 1. The van der Waals surface area contributed by atoms with Crippen LogP contribution in [0.1, 0.15) is 35.7 Å². The molecule has 2 aromatic heterocycles. The van der Waals surface area contributed by atoms with E-state index >= 15 is 0 Å². The maximum absolute atomic E-state index is 13.2. The number of hydrogen-bond acceptors (Lipinski definition) is 5. The van der Waals surface area contributed by atoms with Crippen molar-refractivity contribution in [2.75, 3.05) is 13.7 Å². The average Bonchev–Trinajstić information content (AvgIpc) is 3.44. The van der Waals surface area contributed by atoms with Crippen LogP contribution in [0.2, 0.25) is 0 Å². The Morgan fingerprint density at radius 1 is 1.36 bits per heavy atom. The predicted octanol–water partition coefficient (Wildman–Crippen LogP) is 2.95. The number of aromatic nitrogens is 3. The monoisotopic (exact) mass is 380 g/mol. The van der Waals surface area contributed by atoms with Gasteiger partial charge in [0.1, 0.15) is 17.4 Å². The maximum Gasteiger partial charge on any atom is 0.259 e. The van der Waals surface area contributed by atoms with Crippen LogP contribution in [0.5, 0.6) is 5.75 Å². The van der Waals surface area contributed by atoms with Gasteiger partial charge in [-0.2, -0.15) is 5.10 Å². The van der Waals surface area contributed by atoms with Crippen molar-refractivity contribution in [2.45, 2.75) is 38.5 Å². The summed E-state index contributed by atoms with van der Waals surface area (Å²) in [7, 11) is 1.66. The zero-order chi connectivity index (χ0) is 19.5. The molecule has 0 N–H and O–H groups in total. The van der Waals surface area contributed by atoms with Gasteiger partial charge in [0.2, 0.25) is 0 Å². The number of ether oxygens (including phenoxy) is 2. The van der Waals surface area contributed by atoms with E-state index in [1.165, 1.54) is 0 Å². The van der Waals surface area contributed by atoms with Crippen LogP contribution in [0.15, 0.2) is 48.9 Å². The summed E-state index contributed by atoms with van der Waals surface area (Å²) >= 11 is 0. The molecule has 0 saturated heterocycles. The molecule has 3 aromatic rings. The summed E-state index contributed by atoms with van der Waals surface area (Å²) in [5.74, 6) is 0.748. The number of carbonyl (C=O) groups excluding carboxylic acids is 1. The Labute approximate surface area is 163 Å². The smallest absolute Gasteiger partial charge is 0.259 e. The van der Waals surface area contributed by atoms with Gasteiger partial charge in [-0.25, -0.2) is 9.50 Å². The van der Waals surface area contributed by atoms with Crippen molar-refractivity contribution in [3.05, 3.63) is 60.0 Å². The number of rotatable bonds is 8. The van der Waals surface area contributed by atoms with Crippen molar-refractivity contribution in [1.29, 1.82) is 0 Å². The van der Waals surface area contributed by atoms with Crippen LogP contribution in [0.3, 0.4) is 0 Å². The van der Waals surface area contributed by atoms with Gasteiger partial charge in [0.25, 0.3) is 5.91 Å². The summed E-state index contributed by atoms with van der Waals surface area (Å²) in [6.45, 7) is 3.02. The normalized spacial score (nSPS) is 14.8. The first-order valence-corrected chi connectivity index (χ1v) is 9.49. The van der Waals surface area contributed by atoms with E-state index in [2.05, 4.69) is 10.1 Å². The molecule has 1 fully saturated rings.